The van der Waals surface area contributed by atoms with Crippen LogP contribution in [0.3, 0.4) is 0 Å². The molecule has 1 heterocycles. The molecule has 0 aliphatic carbocycles. The smallest absolute Gasteiger partial charge is 0.321 e. The number of carbonyl (C=O) groups excluding carboxylic acids is 1. The van der Waals surface area contributed by atoms with Crippen molar-refractivity contribution >= 4 is 22.6 Å². The van der Waals surface area contributed by atoms with Crippen molar-refractivity contribution in [3.63, 3.8) is 0 Å². The summed E-state index contributed by atoms with van der Waals surface area (Å²) in [6, 6.07) is 7.80. The maximum absolute atomic E-state index is 12.1. The Hall–Kier alpha value is -2.01. The van der Waals surface area contributed by atoms with Gasteiger partial charge in [0.15, 0.2) is 0 Å². The number of nitrogens with one attached hydrogen (secondary N) is 1. The quantitative estimate of drug-likeness (QED) is 0.859. The number of hydrogen-bond donors (Lipinski definition) is 2. The first-order valence-corrected chi connectivity index (χ1v) is 7.45. The van der Waals surface area contributed by atoms with Gasteiger partial charge in [-0.15, -0.1) is 0 Å². The molecule has 0 radical (unpaired) electrons. The van der Waals surface area contributed by atoms with Gasteiger partial charge in [0.1, 0.15) is 0 Å². The highest BCUT2D eigenvalue weighted by atomic mass is 16.3. The lowest BCUT2D eigenvalue weighted by Crippen LogP contribution is -2.36. The molecule has 0 aliphatic rings. The van der Waals surface area contributed by atoms with Crippen molar-refractivity contribution < 1.29 is 9.90 Å². The number of nitrogens with zero attached hydrogens (tertiary/aromatic N) is 2. The number of fused-ring (bicyclic) bond motifs is 1. The van der Waals surface area contributed by atoms with E-state index in [0.717, 1.165) is 24.0 Å². The molecule has 0 saturated carbocycles. The Morgan fingerprint density at radius 1 is 1.33 bits per heavy atom. The summed E-state index contributed by atoms with van der Waals surface area (Å²) in [6.07, 6.45) is 3.17. The Morgan fingerprint density at radius 3 is 2.81 bits per heavy atom. The fraction of sp³-hybridized carbons (Fsp3) is 0.438. The number of aliphatic hydroxyl groups is 1. The number of aromatic nitrogens is 1. The van der Waals surface area contributed by atoms with Crippen molar-refractivity contribution in [1.29, 1.82) is 0 Å². The standard InChI is InChI=1S/C16H23N3O2/c1-3-8-19-9-7-13-12-14(5-6-15(13)19)17-16(21)18(4-2)10-11-20/h5-7,9,12,20H,3-4,8,10-11H2,1-2H3,(H,17,21). The van der Waals surface area contributed by atoms with E-state index < -0.39 is 0 Å². The maximum Gasteiger partial charge on any atom is 0.321 e. The second-order valence-electron chi connectivity index (χ2n) is 5.02. The highest BCUT2D eigenvalue weighted by molar-refractivity contribution is 5.93. The van der Waals surface area contributed by atoms with Gasteiger partial charge in [0.2, 0.25) is 0 Å². The average molecular weight is 289 g/mol. The molecule has 5 nitrogen and oxygen atoms in total. The number of urea groups is 1. The molecule has 1 aromatic heterocycles. The van der Waals surface area contributed by atoms with Crippen molar-refractivity contribution in [3.05, 3.63) is 30.5 Å². The molecule has 0 unspecified atom stereocenters. The molecule has 5 heteroatoms. The van der Waals surface area contributed by atoms with Crippen molar-refractivity contribution in [2.24, 2.45) is 0 Å². The molecule has 0 fully saturated rings. The summed E-state index contributed by atoms with van der Waals surface area (Å²) in [5.74, 6) is 0. The third kappa shape index (κ3) is 3.55. The Kier molecular flexibility index (Phi) is 5.22. The first kappa shape index (κ1) is 15.4. The van der Waals surface area contributed by atoms with E-state index in [1.807, 2.05) is 25.1 Å². The van der Waals surface area contributed by atoms with Gasteiger partial charge in [0.25, 0.3) is 0 Å². The van der Waals surface area contributed by atoms with E-state index in [4.69, 9.17) is 5.11 Å². The van der Waals surface area contributed by atoms with Crippen molar-refractivity contribution in [2.45, 2.75) is 26.8 Å². The number of rotatable bonds is 6. The van der Waals surface area contributed by atoms with E-state index in [1.165, 1.54) is 5.52 Å². The van der Waals surface area contributed by atoms with Crippen LogP contribution in [0.15, 0.2) is 30.5 Å². The van der Waals surface area contributed by atoms with Crippen molar-refractivity contribution in [2.75, 3.05) is 25.0 Å². The second-order valence-corrected chi connectivity index (χ2v) is 5.02. The molecule has 0 bridgehead atoms. The molecule has 21 heavy (non-hydrogen) atoms. The van der Waals surface area contributed by atoms with Crippen LogP contribution >= 0.6 is 0 Å². The molecule has 0 saturated heterocycles. The fourth-order valence-corrected chi connectivity index (χ4v) is 2.44. The topological polar surface area (TPSA) is 57.5 Å². The second kappa shape index (κ2) is 7.13. The van der Waals surface area contributed by atoms with E-state index >= 15 is 0 Å². The zero-order valence-electron chi connectivity index (χ0n) is 12.7. The molecule has 114 valence electrons. The van der Waals surface area contributed by atoms with Crippen LogP contribution in [0.5, 0.6) is 0 Å². The van der Waals surface area contributed by atoms with Gasteiger partial charge in [-0.05, 0) is 37.6 Å². The van der Waals surface area contributed by atoms with E-state index in [2.05, 4.69) is 29.1 Å². The number of anilines is 1. The van der Waals surface area contributed by atoms with E-state index in [1.54, 1.807) is 4.90 Å². The maximum atomic E-state index is 12.1. The van der Waals surface area contributed by atoms with Crippen molar-refractivity contribution in [3.8, 4) is 0 Å². The van der Waals surface area contributed by atoms with Crippen LogP contribution in [0, 0.1) is 0 Å². The zero-order chi connectivity index (χ0) is 15.2. The van der Waals surface area contributed by atoms with Gasteiger partial charge in [-0.2, -0.15) is 0 Å². The third-order valence-corrected chi connectivity index (χ3v) is 3.53. The molecule has 2 amide bonds. The monoisotopic (exact) mass is 289 g/mol. The number of aliphatic hydroxyl groups excluding tert-OH is 1. The van der Waals surface area contributed by atoms with Crippen molar-refractivity contribution in [1.82, 2.24) is 9.47 Å². The Bertz CT molecular complexity index is 607. The number of benzene rings is 1. The molecule has 2 rings (SSSR count). The van der Waals surface area contributed by atoms with Crippen LogP contribution < -0.4 is 5.32 Å². The van der Waals surface area contributed by atoms with Crippen LogP contribution in [-0.4, -0.2) is 40.3 Å². The summed E-state index contributed by atoms with van der Waals surface area (Å²) >= 11 is 0. The molecular formula is C16H23N3O2. The minimum absolute atomic E-state index is 0.0276. The largest absolute Gasteiger partial charge is 0.395 e. The van der Waals surface area contributed by atoms with Gasteiger partial charge in [0.05, 0.1) is 6.61 Å². The minimum atomic E-state index is -0.182. The molecule has 2 N–H and O–H groups in total. The number of carbonyl (C=O) groups is 1. The van der Waals surface area contributed by atoms with Crippen LogP contribution in [0.25, 0.3) is 10.9 Å². The summed E-state index contributed by atoms with van der Waals surface area (Å²) in [4.78, 5) is 13.7. The normalized spacial score (nSPS) is 10.8. The van der Waals surface area contributed by atoms with Gasteiger partial charge in [0, 0.05) is 42.4 Å². The highest BCUT2D eigenvalue weighted by Gasteiger charge is 2.11. The lowest BCUT2D eigenvalue weighted by Gasteiger charge is -2.20. The zero-order valence-corrected chi connectivity index (χ0v) is 12.7. The highest BCUT2D eigenvalue weighted by Crippen LogP contribution is 2.21. The first-order chi connectivity index (χ1) is 10.2. The number of aryl methyl sites for hydroxylation is 1. The summed E-state index contributed by atoms with van der Waals surface area (Å²) in [6.45, 7) is 5.93. The summed E-state index contributed by atoms with van der Waals surface area (Å²) in [5, 5.41) is 12.9. The summed E-state index contributed by atoms with van der Waals surface area (Å²) in [5.41, 5.74) is 1.95. The molecule has 1 aromatic carbocycles. The average Bonchev–Trinajstić information content (AvgIpc) is 2.87. The van der Waals surface area contributed by atoms with Gasteiger partial charge in [-0.1, -0.05) is 6.92 Å². The fourth-order valence-electron chi connectivity index (χ4n) is 2.44. The van der Waals surface area contributed by atoms with E-state index in [0.29, 0.717) is 13.1 Å². The van der Waals surface area contributed by atoms with Gasteiger partial charge < -0.3 is 19.9 Å². The first-order valence-electron chi connectivity index (χ1n) is 7.45. The predicted octanol–water partition coefficient (Wildman–Crippen LogP) is 2.90. The third-order valence-electron chi connectivity index (χ3n) is 3.53. The SMILES string of the molecule is CCCn1ccc2cc(NC(=O)N(CC)CCO)ccc21. The molecular weight excluding hydrogens is 266 g/mol. The Morgan fingerprint density at radius 2 is 2.14 bits per heavy atom. The van der Waals surface area contributed by atoms with Crippen LogP contribution in [0.1, 0.15) is 20.3 Å². The van der Waals surface area contributed by atoms with Crippen LogP contribution in [0.2, 0.25) is 0 Å². The predicted molar refractivity (Wildman–Crippen MR) is 85.6 cm³/mol. The molecule has 0 spiro atoms. The lowest BCUT2D eigenvalue weighted by molar-refractivity contribution is 0.192. The molecule has 0 atom stereocenters. The number of hydrogen-bond acceptors (Lipinski definition) is 2. The minimum Gasteiger partial charge on any atom is -0.395 e. The van der Waals surface area contributed by atoms with Gasteiger partial charge in [-0.25, -0.2) is 4.79 Å². The van der Waals surface area contributed by atoms with Crippen LogP contribution in [-0.2, 0) is 6.54 Å². The molecule has 0 aliphatic heterocycles. The van der Waals surface area contributed by atoms with Gasteiger partial charge in [-0.3, -0.25) is 0 Å². The van der Waals surface area contributed by atoms with Crippen LogP contribution in [0.4, 0.5) is 10.5 Å². The lowest BCUT2D eigenvalue weighted by atomic mass is 10.2. The number of amides is 2. The van der Waals surface area contributed by atoms with Gasteiger partial charge >= 0.3 is 6.03 Å². The van der Waals surface area contributed by atoms with E-state index in [9.17, 15) is 4.79 Å². The molecule has 2 aromatic rings. The Labute approximate surface area is 125 Å². The Balaban J connectivity index is 2.14. The van der Waals surface area contributed by atoms with E-state index in [-0.39, 0.29) is 12.6 Å². The number of likely N-dealkylation sites (N-methyl/N-ethyl adjacent to an activating group) is 1. The summed E-state index contributed by atoms with van der Waals surface area (Å²) < 4.78 is 2.21. The summed E-state index contributed by atoms with van der Waals surface area (Å²) in [7, 11) is 0.